The van der Waals surface area contributed by atoms with Crippen LogP contribution in [0.1, 0.15) is 38.1 Å². The summed E-state index contributed by atoms with van der Waals surface area (Å²) in [5, 5.41) is 1.88. The maximum atomic E-state index is 12.7. The van der Waals surface area contributed by atoms with Gasteiger partial charge in [0.05, 0.1) is 9.77 Å². The molecule has 2 aromatic carbocycles. The standard InChI is InChI=1S/C22H20N2O4S2/c1-15(25)16-5-8-20(9-6-16)30(27,28)23-19-7-4-17-10-11-24(14-18(17)13-19)22(26)21-3-2-12-29-21/h2-9,12-13,23H,10-11,14H2,1H3. The number of Topliss-reactive ketones (excluding diaryl/α,β-unsaturated/α-hetero) is 1. The van der Waals surface area contributed by atoms with E-state index < -0.39 is 10.0 Å². The second-order valence-corrected chi connectivity index (χ2v) is 9.75. The molecule has 30 heavy (non-hydrogen) atoms. The molecule has 1 aromatic heterocycles. The third-order valence-electron chi connectivity index (χ3n) is 5.06. The van der Waals surface area contributed by atoms with E-state index in [0.29, 0.717) is 29.2 Å². The lowest BCUT2D eigenvalue weighted by molar-refractivity contribution is 0.0739. The van der Waals surface area contributed by atoms with Crippen molar-refractivity contribution < 1.29 is 18.0 Å². The van der Waals surface area contributed by atoms with Gasteiger partial charge >= 0.3 is 0 Å². The number of sulfonamides is 1. The lowest BCUT2D eigenvalue weighted by Gasteiger charge is -2.29. The molecular formula is C22H20N2O4S2. The summed E-state index contributed by atoms with van der Waals surface area (Å²) in [5.74, 6) is -0.129. The van der Waals surface area contributed by atoms with Gasteiger partial charge < -0.3 is 4.90 Å². The molecule has 3 aromatic rings. The van der Waals surface area contributed by atoms with Crippen LogP contribution in [0.25, 0.3) is 0 Å². The fourth-order valence-electron chi connectivity index (χ4n) is 3.43. The first-order valence-corrected chi connectivity index (χ1v) is 11.8. The van der Waals surface area contributed by atoms with Gasteiger partial charge in [0.1, 0.15) is 0 Å². The Kier molecular flexibility index (Phi) is 5.44. The summed E-state index contributed by atoms with van der Waals surface area (Å²) in [4.78, 5) is 26.6. The van der Waals surface area contributed by atoms with Crippen molar-refractivity contribution in [1.82, 2.24) is 4.90 Å². The van der Waals surface area contributed by atoms with Crippen LogP contribution in [0.15, 0.2) is 64.9 Å². The fourth-order valence-corrected chi connectivity index (χ4v) is 5.17. The van der Waals surface area contributed by atoms with Gasteiger partial charge in [-0.05, 0) is 60.2 Å². The molecule has 1 amide bonds. The second-order valence-electron chi connectivity index (χ2n) is 7.12. The predicted molar refractivity (Wildman–Crippen MR) is 116 cm³/mol. The lowest BCUT2D eigenvalue weighted by atomic mass is 9.99. The van der Waals surface area contributed by atoms with Gasteiger partial charge in [0.15, 0.2) is 5.78 Å². The number of amides is 1. The number of benzene rings is 2. The molecule has 0 aliphatic carbocycles. The molecule has 1 aliphatic heterocycles. The molecule has 0 saturated carbocycles. The third-order valence-corrected chi connectivity index (χ3v) is 7.32. The van der Waals surface area contributed by atoms with E-state index in [1.807, 2.05) is 23.6 Å². The summed E-state index contributed by atoms with van der Waals surface area (Å²) in [6, 6.07) is 14.9. The second kappa shape index (κ2) is 8.04. The molecule has 0 spiro atoms. The van der Waals surface area contributed by atoms with E-state index in [0.717, 1.165) is 17.5 Å². The first-order valence-electron chi connectivity index (χ1n) is 9.42. The minimum atomic E-state index is -3.79. The normalized spacial score (nSPS) is 13.6. The summed E-state index contributed by atoms with van der Waals surface area (Å²) in [6.07, 6.45) is 0.728. The number of hydrogen-bond donors (Lipinski definition) is 1. The number of ketones is 1. The van der Waals surface area contributed by atoms with E-state index in [9.17, 15) is 18.0 Å². The average Bonchev–Trinajstić information content (AvgIpc) is 3.27. The zero-order valence-electron chi connectivity index (χ0n) is 16.3. The molecular weight excluding hydrogens is 420 g/mol. The summed E-state index contributed by atoms with van der Waals surface area (Å²) in [7, 11) is -3.79. The van der Waals surface area contributed by atoms with Crippen LogP contribution >= 0.6 is 11.3 Å². The summed E-state index contributed by atoms with van der Waals surface area (Å²) >= 11 is 1.41. The number of nitrogens with zero attached hydrogens (tertiary/aromatic N) is 1. The highest BCUT2D eigenvalue weighted by Crippen LogP contribution is 2.26. The zero-order valence-corrected chi connectivity index (χ0v) is 17.9. The lowest BCUT2D eigenvalue weighted by Crippen LogP contribution is -2.35. The van der Waals surface area contributed by atoms with Crippen LogP contribution in [0.5, 0.6) is 0 Å². The molecule has 1 aliphatic rings. The van der Waals surface area contributed by atoms with Crippen molar-refractivity contribution in [1.29, 1.82) is 0 Å². The van der Waals surface area contributed by atoms with Crippen molar-refractivity contribution >= 4 is 38.7 Å². The number of anilines is 1. The molecule has 0 unspecified atom stereocenters. The van der Waals surface area contributed by atoms with Gasteiger partial charge in [0.25, 0.3) is 15.9 Å². The van der Waals surface area contributed by atoms with Gasteiger partial charge in [-0.1, -0.05) is 24.3 Å². The molecule has 0 bridgehead atoms. The quantitative estimate of drug-likeness (QED) is 0.609. The summed E-state index contributed by atoms with van der Waals surface area (Å²) < 4.78 is 28.0. The Morgan fingerprint density at radius 2 is 1.80 bits per heavy atom. The number of nitrogens with one attached hydrogen (secondary N) is 1. The minimum Gasteiger partial charge on any atom is -0.333 e. The molecule has 0 saturated heterocycles. The van der Waals surface area contributed by atoms with Crippen LogP contribution in [-0.4, -0.2) is 31.6 Å². The van der Waals surface area contributed by atoms with Crippen molar-refractivity contribution in [3.05, 3.63) is 81.5 Å². The van der Waals surface area contributed by atoms with Crippen molar-refractivity contribution in [2.75, 3.05) is 11.3 Å². The molecule has 4 rings (SSSR count). The maximum absolute atomic E-state index is 12.7. The molecule has 0 atom stereocenters. The number of thiophene rings is 1. The van der Waals surface area contributed by atoms with Crippen molar-refractivity contribution in [2.24, 2.45) is 0 Å². The van der Waals surface area contributed by atoms with Crippen LogP contribution in [0.3, 0.4) is 0 Å². The SMILES string of the molecule is CC(=O)c1ccc(S(=O)(=O)Nc2ccc3c(c2)CN(C(=O)c2cccs2)CC3)cc1. The molecule has 2 heterocycles. The van der Waals surface area contributed by atoms with Crippen LogP contribution in [-0.2, 0) is 23.0 Å². The Bertz CT molecular complexity index is 1200. The van der Waals surface area contributed by atoms with Crippen LogP contribution in [0.4, 0.5) is 5.69 Å². The van der Waals surface area contributed by atoms with E-state index in [-0.39, 0.29) is 16.6 Å². The molecule has 154 valence electrons. The highest BCUT2D eigenvalue weighted by Gasteiger charge is 2.23. The highest BCUT2D eigenvalue weighted by molar-refractivity contribution is 7.92. The fraction of sp³-hybridized carbons (Fsp3) is 0.182. The largest absolute Gasteiger partial charge is 0.333 e. The molecule has 0 radical (unpaired) electrons. The minimum absolute atomic E-state index is 0.00723. The van der Waals surface area contributed by atoms with Gasteiger partial charge in [-0.3, -0.25) is 14.3 Å². The van der Waals surface area contributed by atoms with Gasteiger partial charge in [-0.15, -0.1) is 11.3 Å². The molecule has 1 N–H and O–H groups in total. The van der Waals surface area contributed by atoms with Gasteiger partial charge in [-0.2, -0.15) is 0 Å². The Morgan fingerprint density at radius 1 is 1.03 bits per heavy atom. The van der Waals surface area contributed by atoms with Crippen molar-refractivity contribution in [3.63, 3.8) is 0 Å². The van der Waals surface area contributed by atoms with Crippen LogP contribution < -0.4 is 4.72 Å². The van der Waals surface area contributed by atoms with Crippen molar-refractivity contribution in [2.45, 2.75) is 24.8 Å². The van der Waals surface area contributed by atoms with Gasteiger partial charge in [0, 0.05) is 24.3 Å². The van der Waals surface area contributed by atoms with E-state index >= 15 is 0 Å². The molecule has 6 nitrogen and oxygen atoms in total. The van der Waals surface area contributed by atoms with E-state index in [1.54, 1.807) is 17.0 Å². The maximum Gasteiger partial charge on any atom is 0.264 e. The zero-order chi connectivity index (χ0) is 21.3. The van der Waals surface area contributed by atoms with Gasteiger partial charge in [0.2, 0.25) is 0 Å². The van der Waals surface area contributed by atoms with E-state index in [4.69, 9.17) is 0 Å². The number of rotatable bonds is 5. The average molecular weight is 441 g/mol. The first kappa shape index (κ1) is 20.3. The highest BCUT2D eigenvalue weighted by atomic mass is 32.2. The smallest absolute Gasteiger partial charge is 0.264 e. The number of hydrogen-bond acceptors (Lipinski definition) is 5. The molecule has 8 heteroatoms. The van der Waals surface area contributed by atoms with E-state index in [2.05, 4.69) is 4.72 Å². The first-order chi connectivity index (χ1) is 14.3. The third kappa shape index (κ3) is 4.15. The Morgan fingerprint density at radius 3 is 2.47 bits per heavy atom. The summed E-state index contributed by atoms with van der Waals surface area (Å²) in [6.45, 7) is 2.51. The van der Waals surface area contributed by atoms with Crippen molar-refractivity contribution in [3.8, 4) is 0 Å². The summed E-state index contributed by atoms with van der Waals surface area (Å²) in [5.41, 5.74) is 2.94. The van der Waals surface area contributed by atoms with Crippen LogP contribution in [0, 0.1) is 0 Å². The topological polar surface area (TPSA) is 83.6 Å². The molecule has 0 fully saturated rings. The van der Waals surface area contributed by atoms with Crippen LogP contribution in [0.2, 0.25) is 0 Å². The Hall–Kier alpha value is -2.97. The number of carbonyl (C=O) groups excluding carboxylic acids is 2. The Balaban J connectivity index is 1.53. The predicted octanol–water partition coefficient (Wildman–Crippen LogP) is 3.95. The van der Waals surface area contributed by atoms with Gasteiger partial charge in [-0.25, -0.2) is 8.42 Å². The Labute approximate surface area is 179 Å². The van der Waals surface area contributed by atoms with E-state index in [1.165, 1.54) is 42.5 Å². The monoisotopic (exact) mass is 440 g/mol. The number of carbonyl (C=O) groups is 2. The number of fused-ring (bicyclic) bond motifs is 1.